The van der Waals surface area contributed by atoms with E-state index in [-0.39, 0.29) is 0 Å². The normalized spacial score (nSPS) is 11.8. The Labute approximate surface area is 275 Å². The van der Waals surface area contributed by atoms with Gasteiger partial charge in [-0.05, 0) is 70.4 Å². The van der Waals surface area contributed by atoms with Crippen molar-refractivity contribution in [2.45, 2.75) is 0 Å². The Balaban J connectivity index is 1.19. The predicted molar refractivity (Wildman–Crippen MR) is 195 cm³/mol. The summed E-state index contributed by atoms with van der Waals surface area (Å²) in [5.41, 5.74) is 9.86. The van der Waals surface area contributed by atoms with Gasteiger partial charge in [-0.25, -0.2) is 15.0 Å². The maximum atomic E-state index is 6.03. The van der Waals surface area contributed by atoms with Gasteiger partial charge in [-0.1, -0.05) is 109 Å². The minimum Gasteiger partial charge on any atom is -0.436 e. The van der Waals surface area contributed by atoms with E-state index in [1.807, 2.05) is 42.5 Å². The fourth-order valence-corrected chi connectivity index (χ4v) is 6.97. The lowest BCUT2D eigenvalue weighted by Crippen LogP contribution is -2.03. The van der Waals surface area contributed by atoms with E-state index in [2.05, 4.69) is 125 Å². The summed E-state index contributed by atoms with van der Waals surface area (Å²) >= 11 is 0. The van der Waals surface area contributed by atoms with Crippen molar-refractivity contribution >= 4 is 54.6 Å². The third-order valence-corrected chi connectivity index (χ3v) is 9.25. The van der Waals surface area contributed by atoms with E-state index in [0.29, 0.717) is 11.8 Å². The zero-order chi connectivity index (χ0) is 31.6. The number of fused-ring (bicyclic) bond motifs is 7. The summed E-state index contributed by atoms with van der Waals surface area (Å²) in [6.45, 7) is 0. The lowest BCUT2D eigenvalue weighted by Gasteiger charge is -2.12. The standard InChI is InChI=1S/C43H26N4O/c1-2-11-29(12-3-1)41-33-14-6-7-15-35(33)45-43(46-41)47-37-24-23-31(26-34(37)40-32-13-5-4-10-28(32)22-25-38(40)47)27-18-20-30(21-19-27)42-44-36-16-8-9-17-39(36)48-42/h1-26H. The molecule has 0 aliphatic heterocycles. The lowest BCUT2D eigenvalue weighted by molar-refractivity contribution is 0.620. The summed E-state index contributed by atoms with van der Waals surface area (Å²) in [6.07, 6.45) is 0. The molecule has 0 bridgehead atoms. The highest BCUT2D eigenvalue weighted by molar-refractivity contribution is 6.21. The minimum atomic E-state index is 0.623. The molecule has 0 unspecified atom stereocenters. The Morgan fingerprint density at radius 3 is 1.98 bits per heavy atom. The molecule has 0 atom stereocenters. The van der Waals surface area contributed by atoms with Crippen LogP contribution in [0, 0.1) is 0 Å². The Kier molecular flexibility index (Phi) is 5.81. The van der Waals surface area contributed by atoms with Crippen molar-refractivity contribution in [3.05, 3.63) is 158 Å². The SMILES string of the molecule is c1ccc(-c2nc(-n3c4ccc(-c5ccc(-c6nc7ccccc7o6)cc5)cc4c4c5ccccc5ccc43)nc3ccccc23)cc1. The Morgan fingerprint density at radius 2 is 1.12 bits per heavy atom. The molecule has 0 saturated carbocycles. The molecule has 0 amide bonds. The van der Waals surface area contributed by atoms with E-state index in [0.717, 1.165) is 66.4 Å². The molecule has 7 aromatic carbocycles. The summed E-state index contributed by atoms with van der Waals surface area (Å²) in [5.74, 6) is 1.27. The summed E-state index contributed by atoms with van der Waals surface area (Å²) in [6, 6.07) is 54.6. The van der Waals surface area contributed by atoms with E-state index >= 15 is 0 Å². The van der Waals surface area contributed by atoms with Gasteiger partial charge >= 0.3 is 0 Å². The molecule has 0 aliphatic rings. The number of para-hydroxylation sites is 3. The van der Waals surface area contributed by atoms with Crippen LogP contribution in [0.5, 0.6) is 0 Å². The van der Waals surface area contributed by atoms with Gasteiger partial charge in [0.05, 0.1) is 22.2 Å². The summed E-state index contributed by atoms with van der Waals surface area (Å²) < 4.78 is 8.25. The topological polar surface area (TPSA) is 56.7 Å². The molecule has 48 heavy (non-hydrogen) atoms. The number of aromatic nitrogens is 4. The van der Waals surface area contributed by atoms with E-state index in [1.165, 1.54) is 16.2 Å². The highest BCUT2D eigenvalue weighted by Crippen LogP contribution is 2.39. The van der Waals surface area contributed by atoms with Crippen LogP contribution in [-0.2, 0) is 0 Å². The highest BCUT2D eigenvalue weighted by atomic mass is 16.3. The van der Waals surface area contributed by atoms with Crippen LogP contribution in [0.3, 0.4) is 0 Å². The van der Waals surface area contributed by atoms with Crippen molar-refractivity contribution in [1.82, 2.24) is 19.5 Å². The molecule has 0 fully saturated rings. The molecule has 10 aromatic rings. The van der Waals surface area contributed by atoms with Gasteiger partial charge in [0.25, 0.3) is 0 Å². The molecule has 5 heteroatoms. The van der Waals surface area contributed by atoms with E-state index in [4.69, 9.17) is 14.4 Å². The van der Waals surface area contributed by atoms with Crippen LogP contribution >= 0.6 is 0 Å². The number of benzene rings is 7. The summed E-state index contributed by atoms with van der Waals surface area (Å²) in [5, 5.41) is 5.77. The monoisotopic (exact) mass is 614 g/mol. The molecule has 3 aromatic heterocycles. The van der Waals surface area contributed by atoms with Crippen molar-refractivity contribution in [1.29, 1.82) is 0 Å². The number of rotatable bonds is 4. The fourth-order valence-electron chi connectivity index (χ4n) is 6.97. The Hall–Kier alpha value is -6.59. The smallest absolute Gasteiger partial charge is 0.235 e. The average molecular weight is 615 g/mol. The molecule has 0 spiro atoms. The second-order valence-corrected chi connectivity index (χ2v) is 12.1. The van der Waals surface area contributed by atoms with Crippen LogP contribution in [0.2, 0.25) is 0 Å². The van der Waals surface area contributed by atoms with Gasteiger partial charge in [-0.2, -0.15) is 0 Å². The number of oxazole rings is 1. The second kappa shape index (κ2) is 10.5. The lowest BCUT2D eigenvalue weighted by atomic mass is 9.99. The van der Waals surface area contributed by atoms with Gasteiger partial charge in [0.15, 0.2) is 5.58 Å². The molecular formula is C43H26N4O. The maximum Gasteiger partial charge on any atom is 0.235 e. The summed E-state index contributed by atoms with van der Waals surface area (Å²) in [4.78, 5) is 15.1. The molecule has 3 heterocycles. The van der Waals surface area contributed by atoms with Crippen molar-refractivity contribution in [3.63, 3.8) is 0 Å². The number of hydrogen-bond donors (Lipinski definition) is 0. The van der Waals surface area contributed by atoms with Gasteiger partial charge in [-0.3, -0.25) is 4.57 Å². The van der Waals surface area contributed by atoms with Crippen molar-refractivity contribution < 1.29 is 4.42 Å². The predicted octanol–water partition coefficient (Wildman–Crippen LogP) is 11.0. The molecule has 10 rings (SSSR count). The first-order chi connectivity index (χ1) is 23.8. The molecule has 5 nitrogen and oxygen atoms in total. The second-order valence-electron chi connectivity index (χ2n) is 12.1. The first-order valence-corrected chi connectivity index (χ1v) is 16.0. The zero-order valence-corrected chi connectivity index (χ0v) is 25.7. The van der Waals surface area contributed by atoms with Crippen LogP contribution in [0.25, 0.3) is 94.4 Å². The third-order valence-electron chi connectivity index (χ3n) is 9.25. The maximum absolute atomic E-state index is 6.03. The van der Waals surface area contributed by atoms with Crippen LogP contribution in [-0.4, -0.2) is 19.5 Å². The van der Waals surface area contributed by atoms with Crippen LogP contribution in [0.4, 0.5) is 0 Å². The first-order valence-electron chi connectivity index (χ1n) is 16.0. The third kappa shape index (κ3) is 4.15. The van der Waals surface area contributed by atoms with Crippen LogP contribution in [0.15, 0.2) is 162 Å². The largest absolute Gasteiger partial charge is 0.436 e. The quantitative estimate of drug-likeness (QED) is 0.198. The van der Waals surface area contributed by atoms with E-state index < -0.39 is 0 Å². The van der Waals surface area contributed by atoms with Crippen molar-refractivity contribution in [2.24, 2.45) is 0 Å². The van der Waals surface area contributed by atoms with Crippen molar-refractivity contribution in [3.8, 4) is 39.8 Å². The minimum absolute atomic E-state index is 0.623. The van der Waals surface area contributed by atoms with Gasteiger partial charge in [0.2, 0.25) is 11.8 Å². The molecule has 0 N–H and O–H groups in total. The number of hydrogen-bond acceptors (Lipinski definition) is 4. The van der Waals surface area contributed by atoms with Gasteiger partial charge in [0.1, 0.15) is 5.52 Å². The molecular weight excluding hydrogens is 589 g/mol. The van der Waals surface area contributed by atoms with Gasteiger partial charge in [0, 0.05) is 27.3 Å². The molecule has 0 saturated heterocycles. The van der Waals surface area contributed by atoms with E-state index in [1.54, 1.807) is 0 Å². The fraction of sp³-hybridized carbons (Fsp3) is 0. The number of nitrogens with zero attached hydrogens (tertiary/aromatic N) is 4. The zero-order valence-electron chi connectivity index (χ0n) is 25.7. The molecule has 0 radical (unpaired) electrons. The van der Waals surface area contributed by atoms with Crippen LogP contribution < -0.4 is 0 Å². The molecule has 0 aliphatic carbocycles. The Morgan fingerprint density at radius 1 is 0.438 bits per heavy atom. The summed E-state index contributed by atoms with van der Waals surface area (Å²) in [7, 11) is 0. The first kappa shape index (κ1) is 26.6. The van der Waals surface area contributed by atoms with Crippen LogP contribution in [0.1, 0.15) is 0 Å². The van der Waals surface area contributed by atoms with Crippen molar-refractivity contribution in [2.75, 3.05) is 0 Å². The highest BCUT2D eigenvalue weighted by Gasteiger charge is 2.19. The molecule has 224 valence electrons. The average Bonchev–Trinajstić information content (AvgIpc) is 3.74. The Bertz CT molecular complexity index is 2800. The van der Waals surface area contributed by atoms with Gasteiger partial charge < -0.3 is 4.42 Å². The van der Waals surface area contributed by atoms with E-state index in [9.17, 15) is 0 Å². The van der Waals surface area contributed by atoms with Gasteiger partial charge in [-0.15, -0.1) is 0 Å².